The maximum Gasteiger partial charge on any atom is 0.0332 e. The summed E-state index contributed by atoms with van der Waals surface area (Å²) in [5, 5.41) is 3.49. The Balaban J connectivity index is 2.03. The summed E-state index contributed by atoms with van der Waals surface area (Å²) < 4.78 is 0. The van der Waals surface area contributed by atoms with Gasteiger partial charge in [0.25, 0.3) is 0 Å². The Kier molecular flexibility index (Phi) is 5.58. The van der Waals surface area contributed by atoms with Crippen LogP contribution < -0.4 is 5.32 Å². The molecule has 0 radical (unpaired) electrons. The van der Waals surface area contributed by atoms with Gasteiger partial charge in [0, 0.05) is 31.7 Å². The van der Waals surface area contributed by atoms with Crippen LogP contribution in [0.5, 0.6) is 0 Å². The highest BCUT2D eigenvalue weighted by atomic mass is 15.3. The number of benzene rings is 1. The van der Waals surface area contributed by atoms with E-state index >= 15 is 0 Å². The van der Waals surface area contributed by atoms with E-state index in [4.69, 9.17) is 0 Å². The van der Waals surface area contributed by atoms with Gasteiger partial charge in [0.15, 0.2) is 0 Å². The van der Waals surface area contributed by atoms with Crippen LogP contribution in [0.25, 0.3) is 0 Å². The molecule has 0 bridgehead atoms. The Bertz CT molecular complexity index is 401. The zero-order valence-electron chi connectivity index (χ0n) is 13.4. The number of rotatable bonds is 5. The molecule has 20 heavy (non-hydrogen) atoms. The molecule has 2 rings (SSSR count). The fourth-order valence-electron chi connectivity index (χ4n) is 3.03. The molecule has 0 aliphatic carbocycles. The van der Waals surface area contributed by atoms with Crippen molar-refractivity contribution in [2.75, 3.05) is 40.8 Å². The second-order valence-electron chi connectivity index (χ2n) is 6.07. The van der Waals surface area contributed by atoms with Crippen LogP contribution in [0.4, 0.5) is 0 Å². The first-order valence-electron chi connectivity index (χ1n) is 7.79. The van der Waals surface area contributed by atoms with Gasteiger partial charge in [-0.05, 0) is 45.1 Å². The Labute approximate surface area is 124 Å². The van der Waals surface area contributed by atoms with Crippen LogP contribution in [-0.4, -0.2) is 56.6 Å². The van der Waals surface area contributed by atoms with Gasteiger partial charge in [-0.2, -0.15) is 0 Å². The summed E-state index contributed by atoms with van der Waals surface area (Å²) in [7, 11) is 6.56. The molecule has 0 aromatic heterocycles. The minimum Gasteiger partial charge on any atom is -0.313 e. The highest BCUT2D eigenvalue weighted by Crippen LogP contribution is 2.22. The number of hydrogen-bond donors (Lipinski definition) is 1. The molecule has 0 spiro atoms. The van der Waals surface area contributed by atoms with Crippen LogP contribution in [0.3, 0.4) is 0 Å². The van der Waals surface area contributed by atoms with Gasteiger partial charge in [0.2, 0.25) is 0 Å². The summed E-state index contributed by atoms with van der Waals surface area (Å²) in [6, 6.07) is 10.2. The van der Waals surface area contributed by atoms with E-state index in [1.165, 1.54) is 37.2 Å². The van der Waals surface area contributed by atoms with Gasteiger partial charge in [-0.1, -0.05) is 31.2 Å². The van der Waals surface area contributed by atoms with Crippen LogP contribution in [0.15, 0.2) is 24.3 Å². The number of nitrogens with one attached hydrogen (secondary N) is 1. The lowest BCUT2D eigenvalue weighted by Crippen LogP contribution is -2.50. The second-order valence-corrected chi connectivity index (χ2v) is 6.07. The van der Waals surface area contributed by atoms with Gasteiger partial charge in [-0.25, -0.2) is 0 Å². The second kappa shape index (κ2) is 7.21. The van der Waals surface area contributed by atoms with Crippen LogP contribution in [-0.2, 0) is 6.42 Å². The van der Waals surface area contributed by atoms with Gasteiger partial charge in [-0.15, -0.1) is 0 Å². The predicted molar refractivity (Wildman–Crippen MR) is 86.2 cm³/mol. The molecule has 0 saturated carbocycles. The maximum absolute atomic E-state index is 3.49. The molecule has 112 valence electrons. The zero-order valence-corrected chi connectivity index (χ0v) is 13.4. The Morgan fingerprint density at radius 2 is 1.90 bits per heavy atom. The largest absolute Gasteiger partial charge is 0.313 e. The maximum atomic E-state index is 3.49. The fourth-order valence-corrected chi connectivity index (χ4v) is 3.03. The Hall–Kier alpha value is -0.900. The minimum absolute atomic E-state index is 0.444. The molecular weight excluding hydrogens is 246 g/mol. The van der Waals surface area contributed by atoms with E-state index in [-0.39, 0.29) is 0 Å². The molecule has 3 heteroatoms. The lowest BCUT2D eigenvalue weighted by atomic mass is 9.96. The average molecular weight is 275 g/mol. The molecular formula is C17H29N3. The third kappa shape index (κ3) is 3.81. The molecule has 3 nitrogen and oxygen atoms in total. The molecule has 2 atom stereocenters. The lowest BCUT2D eigenvalue weighted by molar-refractivity contribution is 0.102. The fraction of sp³-hybridized carbons (Fsp3) is 0.647. The van der Waals surface area contributed by atoms with Gasteiger partial charge in [0.05, 0.1) is 0 Å². The number of piperazine rings is 1. The Morgan fingerprint density at radius 3 is 2.50 bits per heavy atom. The molecule has 1 fully saturated rings. The van der Waals surface area contributed by atoms with Gasteiger partial charge in [-0.3, -0.25) is 0 Å². The van der Waals surface area contributed by atoms with E-state index in [1.807, 2.05) is 0 Å². The van der Waals surface area contributed by atoms with E-state index in [0.717, 1.165) is 6.42 Å². The topological polar surface area (TPSA) is 18.5 Å². The van der Waals surface area contributed by atoms with E-state index in [9.17, 15) is 0 Å². The Morgan fingerprint density at radius 1 is 1.20 bits per heavy atom. The molecule has 1 saturated heterocycles. The van der Waals surface area contributed by atoms with Crippen molar-refractivity contribution in [1.29, 1.82) is 0 Å². The third-order valence-corrected chi connectivity index (χ3v) is 4.63. The average Bonchev–Trinajstić information content (AvgIpc) is 2.48. The molecule has 1 aliphatic heterocycles. The van der Waals surface area contributed by atoms with E-state index < -0.39 is 0 Å². The minimum atomic E-state index is 0.444. The summed E-state index contributed by atoms with van der Waals surface area (Å²) in [5.41, 5.74) is 2.82. The summed E-state index contributed by atoms with van der Waals surface area (Å²) >= 11 is 0. The molecule has 1 aromatic carbocycles. The molecule has 2 unspecified atom stereocenters. The standard InChI is InChI=1S/C17H29N3/c1-5-14-6-8-15(9-7-14)17(18-2)12-16-13-19(3)10-11-20(16)4/h6-9,16-18H,5,10-13H2,1-4H3. The van der Waals surface area contributed by atoms with Crippen molar-refractivity contribution in [3.63, 3.8) is 0 Å². The molecule has 1 aliphatic rings. The first-order chi connectivity index (χ1) is 9.63. The molecule has 1 aromatic rings. The van der Waals surface area contributed by atoms with E-state index in [2.05, 4.69) is 67.4 Å². The quantitative estimate of drug-likeness (QED) is 0.888. The highest BCUT2D eigenvalue weighted by Gasteiger charge is 2.25. The number of hydrogen-bond acceptors (Lipinski definition) is 3. The summed E-state index contributed by atoms with van der Waals surface area (Å²) in [6.45, 7) is 5.73. The monoisotopic (exact) mass is 275 g/mol. The number of aryl methyl sites for hydroxylation is 1. The van der Waals surface area contributed by atoms with Crippen LogP contribution in [0.1, 0.15) is 30.5 Å². The van der Waals surface area contributed by atoms with Crippen molar-refractivity contribution in [2.24, 2.45) is 0 Å². The van der Waals surface area contributed by atoms with Crippen molar-refractivity contribution in [2.45, 2.75) is 31.8 Å². The highest BCUT2D eigenvalue weighted by molar-refractivity contribution is 5.25. The lowest BCUT2D eigenvalue weighted by Gasteiger charge is -2.39. The smallest absolute Gasteiger partial charge is 0.0332 e. The van der Waals surface area contributed by atoms with Gasteiger partial charge in [0.1, 0.15) is 0 Å². The van der Waals surface area contributed by atoms with Crippen molar-refractivity contribution in [1.82, 2.24) is 15.1 Å². The predicted octanol–water partition coefficient (Wildman–Crippen LogP) is 2.15. The first kappa shape index (κ1) is 15.5. The van der Waals surface area contributed by atoms with Crippen LogP contribution >= 0.6 is 0 Å². The third-order valence-electron chi connectivity index (χ3n) is 4.63. The normalized spacial score (nSPS) is 22.9. The van der Waals surface area contributed by atoms with E-state index in [0.29, 0.717) is 12.1 Å². The molecule has 0 amide bonds. The zero-order chi connectivity index (χ0) is 14.5. The number of nitrogens with zero attached hydrogens (tertiary/aromatic N) is 2. The number of likely N-dealkylation sites (N-methyl/N-ethyl adjacent to an activating group) is 2. The van der Waals surface area contributed by atoms with Crippen LogP contribution in [0.2, 0.25) is 0 Å². The summed E-state index contributed by atoms with van der Waals surface area (Å²) in [4.78, 5) is 4.95. The molecule has 1 N–H and O–H groups in total. The first-order valence-corrected chi connectivity index (χ1v) is 7.79. The van der Waals surface area contributed by atoms with Crippen molar-refractivity contribution < 1.29 is 0 Å². The van der Waals surface area contributed by atoms with Crippen molar-refractivity contribution in [3.8, 4) is 0 Å². The van der Waals surface area contributed by atoms with Crippen molar-refractivity contribution >= 4 is 0 Å². The van der Waals surface area contributed by atoms with E-state index in [1.54, 1.807) is 0 Å². The summed E-state index contributed by atoms with van der Waals surface area (Å²) in [6.07, 6.45) is 2.28. The molecule has 1 heterocycles. The van der Waals surface area contributed by atoms with Crippen molar-refractivity contribution in [3.05, 3.63) is 35.4 Å². The van der Waals surface area contributed by atoms with Crippen LogP contribution in [0, 0.1) is 0 Å². The summed E-state index contributed by atoms with van der Waals surface area (Å²) in [5.74, 6) is 0. The SMILES string of the molecule is CCc1ccc(C(CC2CN(C)CCN2C)NC)cc1. The van der Waals surface area contributed by atoms with Gasteiger partial charge >= 0.3 is 0 Å². The van der Waals surface area contributed by atoms with Gasteiger partial charge < -0.3 is 15.1 Å².